The molecule has 1 saturated carbocycles. The van der Waals surface area contributed by atoms with Gasteiger partial charge in [0.25, 0.3) is 0 Å². The summed E-state index contributed by atoms with van der Waals surface area (Å²) in [7, 11) is -3.26. The number of aryl methyl sites for hydroxylation is 1. The van der Waals surface area contributed by atoms with Crippen molar-refractivity contribution in [2.45, 2.75) is 70.4 Å². The van der Waals surface area contributed by atoms with Crippen LogP contribution >= 0.6 is 0 Å². The fourth-order valence-electron chi connectivity index (χ4n) is 5.01. The Morgan fingerprint density at radius 2 is 1.78 bits per heavy atom. The van der Waals surface area contributed by atoms with Crippen molar-refractivity contribution in [3.8, 4) is 0 Å². The third-order valence-corrected chi connectivity index (χ3v) is 9.10. The predicted octanol–water partition coefficient (Wildman–Crippen LogP) is 4.47. The molecule has 2 aliphatic rings. The van der Waals surface area contributed by atoms with Crippen molar-refractivity contribution in [1.29, 1.82) is 0 Å². The smallest absolute Gasteiger partial charge is 0.248 e. The second-order valence-corrected chi connectivity index (χ2v) is 12.1. The number of benzene rings is 2. The number of hydrogen-bond acceptors (Lipinski definition) is 4. The van der Waals surface area contributed by atoms with Crippen LogP contribution in [0, 0.1) is 12.7 Å². The van der Waals surface area contributed by atoms with E-state index in [9.17, 15) is 22.4 Å². The molecule has 2 aromatic rings. The molecular weight excluding hydrogens is 493 g/mol. The molecule has 0 unspecified atom stereocenters. The highest BCUT2D eigenvalue weighted by Gasteiger charge is 2.35. The van der Waals surface area contributed by atoms with Crippen LogP contribution in [0.15, 0.2) is 48.5 Å². The van der Waals surface area contributed by atoms with Crippen LogP contribution in [0.2, 0.25) is 0 Å². The Kier molecular flexibility index (Phi) is 8.97. The quantitative estimate of drug-likeness (QED) is 0.344. The number of nitrogens with zero attached hydrogens (tertiary/aromatic N) is 2. The highest BCUT2D eigenvalue weighted by Crippen LogP contribution is 2.32. The Morgan fingerprint density at radius 1 is 1.05 bits per heavy atom. The summed E-state index contributed by atoms with van der Waals surface area (Å²) >= 11 is 0. The van der Waals surface area contributed by atoms with Crippen molar-refractivity contribution in [2.75, 3.05) is 23.7 Å². The van der Waals surface area contributed by atoms with Crippen molar-refractivity contribution in [2.24, 2.45) is 0 Å². The minimum absolute atomic E-state index is 0.0103. The molecule has 0 radical (unpaired) electrons. The topological polar surface area (TPSA) is 86.6 Å². The van der Waals surface area contributed by atoms with Crippen LogP contribution in [0.1, 0.15) is 68.5 Å². The van der Waals surface area contributed by atoms with Crippen LogP contribution < -0.4 is 10.2 Å². The first-order valence-corrected chi connectivity index (χ1v) is 14.8. The van der Waals surface area contributed by atoms with E-state index in [1.807, 2.05) is 31.2 Å². The van der Waals surface area contributed by atoms with Gasteiger partial charge in [-0.25, -0.2) is 12.8 Å². The molecule has 2 fully saturated rings. The van der Waals surface area contributed by atoms with Crippen LogP contribution in [0.5, 0.6) is 0 Å². The molecule has 0 spiro atoms. The van der Waals surface area contributed by atoms with Crippen LogP contribution in [0.4, 0.5) is 10.1 Å². The normalized spacial score (nSPS) is 17.2. The first-order valence-electron chi connectivity index (χ1n) is 13.2. The molecule has 0 aromatic heterocycles. The summed E-state index contributed by atoms with van der Waals surface area (Å²) in [6.45, 7) is 3.01. The lowest BCUT2D eigenvalue weighted by Crippen LogP contribution is -2.47. The number of sulfonamides is 1. The van der Waals surface area contributed by atoms with Gasteiger partial charge in [-0.15, -0.1) is 0 Å². The first kappa shape index (κ1) is 27.3. The van der Waals surface area contributed by atoms with Crippen molar-refractivity contribution >= 4 is 27.5 Å². The summed E-state index contributed by atoms with van der Waals surface area (Å²) in [5, 5.41) is 3.16. The predicted molar refractivity (Wildman–Crippen MR) is 142 cm³/mol. The fraction of sp³-hybridized carbons (Fsp3) is 0.500. The zero-order chi connectivity index (χ0) is 26.4. The van der Waals surface area contributed by atoms with Crippen LogP contribution in [-0.4, -0.2) is 49.4 Å². The molecule has 1 heterocycles. The van der Waals surface area contributed by atoms with E-state index in [4.69, 9.17) is 0 Å². The molecule has 37 heavy (non-hydrogen) atoms. The van der Waals surface area contributed by atoms with E-state index in [1.54, 1.807) is 6.07 Å². The fourth-order valence-corrected chi connectivity index (χ4v) is 6.48. The van der Waals surface area contributed by atoms with Gasteiger partial charge in [0.15, 0.2) is 0 Å². The van der Waals surface area contributed by atoms with Gasteiger partial charge >= 0.3 is 0 Å². The number of carbonyl (C=O) groups excluding carboxylic acids is 2. The number of amides is 2. The summed E-state index contributed by atoms with van der Waals surface area (Å²) in [6, 6.07) is 12.2. The number of hydrogen-bond donors (Lipinski definition) is 1. The average molecular weight is 530 g/mol. The van der Waals surface area contributed by atoms with Crippen LogP contribution in [0.3, 0.4) is 0 Å². The molecule has 200 valence electrons. The number of nitrogens with one attached hydrogen (secondary N) is 1. The molecule has 1 saturated heterocycles. The minimum Gasteiger partial charge on any atom is -0.351 e. The Balaban J connectivity index is 1.61. The van der Waals surface area contributed by atoms with Crippen molar-refractivity contribution < 1.29 is 22.4 Å². The molecule has 1 aliphatic carbocycles. The van der Waals surface area contributed by atoms with E-state index in [2.05, 4.69) is 5.32 Å². The maximum Gasteiger partial charge on any atom is 0.248 e. The van der Waals surface area contributed by atoms with Crippen LogP contribution in [-0.2, 0) is 19.6 Å². The zero-order valence-electron chi connectivity index (χ0n) is 21.4. The number of rotatable bonds is 11. The molecule has 7 nitrogen and oxygen atoms in total. The number of carbonyl (C=O) groups is 2. The Hall–Kier alpha value is -2.78. The standard InChI is InChI=1S/C28H36FN3O4S/c1-21-10-5-6-15-25(21)27(28(34)30-23-12-3-2-4-13-23)32(24-14-9-11-22(29)20-24)26(33)16-7-8-19-37(35,36)31-17-18-31/h5-6,9-11,14-15,20,23,27H,2-4,7-8,12-13,16-19H2,1H3,(H,30,34)/t27-/m1/s1. The van der Waals surface area contributed by atoms with E-state index in [0.29, 0.717) is 37.2 Å². The minimum atomic E-state index is -3.26. The Labute approximate surface area is 219 Å². The first-order chi connectivity index (χ1) is 17.8. The van der Waals surface area contributed by atoms with Crippen molar-refractivity contribution in [1.82, 2.24) is 9.62 Å². The molecule has 4 rings (SSSR count). The van der Waals surface area contributed by atoms with Crippen molar-refractivity contribution in [3.05, 3.63) is 65.5 Å². The second kappa shape index (κ2) is 12.2. The molecule has 0 bridgehead atoms. The lowest BCUT2D eigenvalue weighted by Gasteiger charge is -2.34. The molecular formula is C28H36FN3O4S. The van der Waals surface area contributed by atoms with E-state index in [-0.39, 0.29) is 30.0 Å². The lowest BCUT2D eigenvalue weighted by molar-refractivity contribution is -0.127. The molecule has 2 amide bonds. The monoisotopic (exact) mass is 529 g/mol. The van der Waals surface area contributed by atoms with Crippen LogP contribution in [0.25, 0.3) is 0 Å². The summed E-state index contributed by atoms with van der Waals surface area (Å²) in [4.78, 5) is 28.9. The zero-order valence-corrected chi connectivity index (χ0v) is 22.2. The van der Waals surface area contributed by atoms with Gasteiger partial charge in [0.2, 0.25) is 21.8 Å². The second-order valence-electron chi connectivity index (χ2n) is 10.0. The van der Waals surface area contributed by atoms with Gasteiger partial charge < -0.3 is 5.32 Å². The number of unbranched alkanes of at least 4 members (excludes halogenated alkanes) is 1. The maximum absolute atomic E-state index is 14.3. The molecule has 2 aromatic carbocycles. The Morgan fingerprint density at radius 3 is 2.46 bits per heavy atom. The third kappa shape index (κ3) is 7.17. The summed E-state index contributed by atoms with van der Waals surface area (Å²) < 4.78 is 40.1. The largest absolute Gasteiger partial charge is 0.351 e. The van der Waals surface area contributed by atoms with E-state index >= 15 is 0 Å². The summed E-state index contributed by atoms with van der Waals surface area (Å²) in [6.07, 6.45) is 5.77. The summed E-state index contributed by atoms with van der Waals surface area (Å²) in [5.41, 5.74) is 1.83. The highest BCUT2D eigenvalue weighted by atomic mass is 32.2. The van der Waals surface area contributed by atoms with Gasteiger partial charge in [-0.3, -0.25) is 14.5 Å². The molecule has 1 atom stereocenters. The highest BCUT2D eigenvalue weighted by molar-refractivity contribution is 7.89. The number of halogens is 1. The van der Waals surface area contributed by atoms with Gasteiger partial charge in [0.05, 0.1) is 5.75 Å². The average Bonchev–Trinajstić information content (AvgIpc) is 3.73. The molecule has 1 aliphatic heterocycles. The van der Waals surface area contributed by atoms with E-state index in [1.165, 1.54) is 27.4 Å². The van der Waals surface area contributed by atoms with E-state index in [0.717, 1.165) is 37.7 Å². The van der Waals surface area contributed by atoms with Gasteiger partial charge in [0.1, 0.15) is 11.9 Å². The number of anilines is 1. The maximum atomic E-state index is 14.3. The summed E-state index contributed by atoms with van der Waals surface area (Å²) in [5.74, 6) is -1.15. The van der Waals surface area contributed by atoms with Gasteiger partial charge in [-0.1, -0.05) is 49.6 Å². The third-order valence-electron chi connectivity index (χ3n) is 7.14. The Bertz CT molecular complexity index is 1210. The molecule has 1 N–H and O–H groups in total. The van der Waals surface area contributed by atoms with Gasteiger partial charge in [-0.2, -0.15) is 4.31 Å². The van der Waals surface area contributed by atoms with Gasteiger partial charge in [0, 0.05) is 31.2 Å². The van der Waals surface area contributed by atoms with Gasteiger partial charge in [-0.05, 0) is 61.9 Å². The molecule has 9 heteroatoms. The van der Waals surface area contributed by atoms with Crippen molar-refractivity contribution in [3.63, 3.8) is 0 Å². The SMILES string of the molecule is Cc1ccccc1[C@H](C(=O)NC1CCCCC1)N(C(=O)CCCCS(=O)(=O)N1CC1)c1cccc(F)c1. The lowest BCUT2D eigenvalue weighted by atomic mass is 9.93. The van der Waals surface area contributed by atoms with E-state index < -0.39 is 21.9 Å².